The van der Waals surface area contributed by atoms with Crippen molar-refractivity contribution in [1.82, 2.24) is 15.5 Å². The van der Waals surface area contributed by atoms with E-state index < -0.39 is 0 Å². The third-order valence-electron chi connectivity index (χ3n) is 2.30. The van der Waals surface area contributed by atoms with E-state index in [0.717, 1.165) is 13.0 Å². The predicted octanol–water partition coefficient (Wildman–Crippen LogP) is 1.91. The summed E-state index contributed by atoms with van der Waals surface area (Å²) in [5.74, 6) is 1.58. The van der Waals surface area contributed by atoms with Gasteiger partial charge < -0.3 is 14.6 Å². The minimum Gasteiger partial charge on any atom is -0.373 e. The Balaban J connectivity index is 2.55. The van der Waals surface area contributed by atoms with Gasteiger partial charge in [0.2, 0.25) is 11.7 Å². The molecule has 92 valence electrons. The second-order valence-corrected chi connectivity index (χ2v) is 4.12. The van der Waals surface area contributed by atoms with Crippen LogP contribution in [0.1, 0.15) is 45.0 Å². The number of ether oxygens (including phenoxy) is 1. The predicted molar refractivity (Wildman–Crippen MR) is 60.9 cm³/mol. The van der Waals surface area contributed by atoms with Crippen LogP contribution in [0.4, 0.5) is 0 Å². The van der Waals surface area contributed by atoms with Crippen LogP contribution >= 0.6 is 0 Å². The Labute approximate surface area is 96.6 Å². The van der Waals surface area contributed by atoms with Crippen LogP contribution < -0.4 is 5.32 Å². The summed E-state index contributed by atoms with van der Waals surface area (Å²) < 4.78 is 10.5. The number of nitrogens with one attached hydrogen (secondary N) is 1. The van der Waals surface area contributed by atoms with Crippen LogP contribution in [0.25, 0.3) is 0 Å². The monoisotopic (exact) mass is 227 g/mol. The van der Waals surface area contributed by atoms with Crippen molar-refractivity contribution in [3.05, 3.63) is 11.7 Å². The van der Waals surface area contributed by atoms with Crippen LogP contribution in [0, 0.1) is 5.92 Å². The van der Waals surface area contributed by atoms with E-state index in [4.69, 9.17) is 9.26 Å². The number of rotatable bonds is 7. The summed E-state index contributed by atoms with van der Waals surface area (Å²) in [5.41, 5.74) is 0. The fraction of sp³-hybridized carbons (Fsp3) is 0.818. The van der Waals surface area contributed by atoms with E-state index in [1.54, 1.807) is 7.11 Å². The molecule has 5 heteroatoms. The summed E-state index contributed by atoms with van der Waals surface area (Å²) in [6.45, 7) is 7.83. The summed E-state index contributed by atoms with van der Waals surface area (Å²) in [6, 6.07) is 0. The zero-order valence-electron chi connectivity index (χ0n) is 10.5. The van der Waals surface area contributed by atoms with Gasteiger partial charge >= 0.3 is 0 Å². The van der Waals surface area contributed by atoms with Gasteiger partial charge in [0.1, 0.15) is 6.10 Å². The Morgan fingerprint density at radius 2 is 2.19 bits per heavy atom. The molecular formula is C11H21N3O2. The van der Waals surface area contributed by atoms with Crippen molar-refractivity contribution in [3.8, 4) is 0 Å². The first-order chi connectivity index (χ1) is 7.69. The number of aromatic nitrogens is 2. The van der Waals surface area contributed by atoms with Crippen LogP contribution in [0.5, 0.6) is 0 Å². The molecule has 1 aromatic rings. The Hall–Kier alpha value is -0.940. The molecule has 5 nitrogen and oxygen atoms in total. The van der Waals surface area contributed by atoms with E-state index in [1.165, 1.54) is 0 Å². The van der Waals surface area contributed by atoms with Gasteiger partial charge in [-0.05, 0) is 18.9 Å². The minimum absolute atomic E-state index is 0.0938. The summed E-state index contributed by atoms with van der Waals surface area (Å²) in [5, 5.41) is 7.15. The van der Waals surface area contributed by atoms with Crippen LogP contribution in [0.3, 0.4) is 0 Å². The van der Waals surface area contributed by atoms with Crippen molar-refractivity contribution >= 4 is 0 Å². The van der Waals surface area contributed by atoms with Gasteiger partial charge in [0.15, 0.2) is 0 Å². The lowest BCUT2D eigenvalue weighted by Crippen LogP contribution is -2.14. The molecule has 0 aromatic carbocycles. The number of nitrogens with zero attached hydrogens (tertiary/aromatic N) is 2. The first kappa shape index (κ1) is 13.1. The molecule has 0 aliphatic rings. The fourth-order valence-electron chi connectivity index (χ4n) is 1.50. The molecule has 1 N–H and O–H groups in total. The SMILES string of the molecule is CCCNCc1nc(C(OC)C(C)C)no1. The zero-order valence-corrected chi connectivity index (χ0v) is 10.5. The van der Waals surface area contributed by atoms with Crippen LogP contribution in [-0.4, -0.2) is 23.8 Å². The maximum atomic E-state index is 5.33. The van der Waals surface area contributed by atoms with Crippen molar-refractivity contribution in [2.75, 3.05) is 13.7 Å². The van der Waals surface area contributed by atoms with E-state index in [9.17, 15) is 0 Å². The maximum absolute atomic E-state index is 5.33. The van der Waals surface area contributed by atoms with Gasteiger partial charge in [-0.25, -0.2) is 0 Å². The van der Waals surface area contributed by atoms with Gasteiger partial charge in [0.25, 0.3) is 0 Å². The number of hydrogen-bond acceptors (Lipinski definition) is 5. The Morgan fingerprint density at radius 3 is 2.75 bits per heavy atom. The lowest BCUT2D eigenvalue weighted by atomic mass is 10.1. The molecule has 0 spiro atoms. The second-order valence-electron chi connectivity index (χ2n) is 4.12. The Kier molecular flexibility index (Phi) is 5.42. The first-order valence-electron chi connectivity index (χ1n) is 5.75. The van der Waals surface area contributed by atoms with Gasteiger partial charge in [0.05, 0.1) is 6.54 Å². The molecule has 1 rings (SSSR count). The van der Waals surface area contributed by atoms with E-state index in [-0.39, 0.29) is 6.10 Å². The largest absolute Gasteiger partial charge is 0.373 e. The highest BCUT2D eigenvalue weighted by atomic mass is 16.5. The topological polar surface area (TPSA) is 60.2 Å². The van der Waals surface area contributed by atoms with Crippen LogP contribution in [0.2, 0.25) is 0 Å². The number of hydrogen-bond donors (Lipinski definition) is 1. The van der Waals surface area contributed by atoms with Crippen molar-refractivity contribution in [2.24, 2.45) is 5.92 Å². The normalized spacial score (nSPS) is 13.3. The quantitative estimate of drug-likeness (QED) is 0.721. The van der Waals surface area contributed by atoms with Gasteiger partial charge in [-0.15, -0.1) is 0 Å². The lowest BCUT2D eigenvalue weighted by molar-refractivity contribution is 0.0555. The maximum Gasteiger partial charge on any atom is 0.240 e. The molecule has 0 aliphatic carbocycles. The molecule has 0 bridgehead atoms. The van der Waals surface area contributed by atoms with Crippen molar-refractivity contribution in [2.45, 2.75) is 39.8 Å². The van der Waals surface area contributed by atoms with Crippen molar-refractivity contribution in [1.29, 1.82) is 0 Å². The Morgan fingerprint density at radius 1 is 1.44 bits per heavy atom. The molecule has 1 atom stereocenters. The highest BCUT2D eigenvalue weighted by molar-refractivity contribution is 4.92. The average Bonchev–Trinajstić information content (AvgIpc) is 2.67. The average molecular weight is 227 g/mol. The van der Waals surface area contributed by atoms with Crippen molar-refractivity contribution < 1.29 is 9.26 Å². The van der Waals surface area contributed by atoms with Gasteiger partial charge in [-0.2, -0.15) is 4.98 Å². The highest BCUT2D eigenvalue weighted by Crippen LogP contribution is 2.21. The van der Waals surface area contributed by atoms with Crippen LogP contribution in [0.15, 0.2) is 4.52 Å². The molecule has 16 heavy (non-hydrogen) atoms. The second kappa shape index (κ2) is 6.60. The summed E-state index contributed by atoms with van der Waals surface area (Å²) >= 11 is 0. The highest BCUT2D eigenvalue weighted by Gasteiger charge is 2.20. The molecule has 1 heterocycles. The third-order valence-corrected chi connectivity index (χ3v) is 2.30. The van der Waals surface area contributed by atoms with Crippen molar-refractivity contribution in [3.63, 3.8) is 0 Å². The molecule has 1 aromatic heterocycles. The fourth-order valence-corrected chi connectivity index (χ4v) is 1.50. The number of methoxy groups -OCH3 is 1. The summed E-state index contributed by atoms with van der Waals surface area (Å²) in [4.78, 5) is 4.31. The zero-order chi connectivity index (χ0) is 12.0. The Bertz CT molecular complexity index is 299. The van der Waals surface area contributed by atoms with E-state index in [2.05, 4.69) is 36.2 Å². The van der Waals surface area contributed by atoms with E-state index in [0.29, 0.717) is 24.2 Å². The molecular weight excluding hydrogens is 206 g/mol. The molecule has 0 saturated carbocycles. The summed E-state index contributed by atoms with van der Waals surface area (Å²) in [7, 11) is 1.66. The molecule has 0 radical (unpaired) electrons. The van der Waals surface area contributed by atoms with E-state index >= 15 is 0 Å². The van der Waals surface area contributed by atoms with Gasteiger partial charge in [-0.1, -0.05) is 25.9 Å². The lowest BCUT2D eigenvalue weighted by Gasteiger charge is -2.14. The first-order valence-corrected chi connectivity index (χ1v) is 5.75. The standard InChI is InChI=1S/C11H21N3O2/c1-5-6-12-7-9-13-11(14-16-9)10(15-4)8(2)3/h8,10,12H,5-7H2,1-4H3. The van der Waals surface area contributed by atoms with Gasteiger partial charge in [-0.3, -0.25) is 0 Å². The minimum atomic E-state index is -0.0938. The molecule has 0 fully saturated rings. The molecule has 1 unspecified atom stereocenters. The smallest absolute Gasteiger partial charge is 0.240 e. The molecule has 0 amide bonds. The van der Waals surface area contributed by atoms with E-state index in [1.807, 2.05) is 0 Å². The van der Waals surface area contributed by atoms with Gasteiger partial charge in [0, 0.05) is 7.11 Å². The third kappa shape index (κ3) is 3.57. The van der Waals surface area contributed by atoms with Crippen LogP contribution in [-0.2, 0) is 11.3 Å². The molecule has 0 aliphatic heterocycles. The summed E-state index contributed by atoms with van der Waals surface area (Å²) in [6.07, 6.45) is 0.997. The molecule has 0 saturated heterocycles.